The Bertz CT molecular complexity index is 820. The van der Waals surface area contributed by atoms with E-state index in [2.05, 4.69) is 34.1 Å². The predicted molar refractivity (Wildman–Crippen MR) is 114 cm³/mol. The molecule has 1 saturated heterocycles. The number of methoxy groups -OCH3 is 2. The first-order chi connectivity index (χ1) is 14.6. The number of rotatable bonds is 8. The molecule has 3 rings (SSSR count). The molecule has 0 N–H and O–H groups in total. The summed E-state index contributed by atoms with van der Waals surface area (Å²) in [5, 5.41) is 0. The van der Waals surface area contributed by atoms with E-state index in [1.165, 1.54) is 12.7 Å². The normalized spacial score (nSPS) is 14.9. The zero-order valence-electron chi connectivity index (χ0n) is 17.9. The Morgan fingerprint density at radius 3 is 2.13 bits per heavy atom. The van der Waals surface area contributed by atoms with E-state index in [0.29, 0.717) is 23.8 Å². The van der Waals surface area contributed by atoms with Gasteiger partial charge in [-0.25, -0.2) is 4.79 Å². The van der Waals surface area contributed by atoms with Crippen LogP contribution in [0.4, 0.5) is 4.79 Å². The van der Waals surface area contributed by atoms with E-state index < -0.39 is 6.16 Å². The molecule has 0 radical (unpaired) electrons. The van der Waals surface area contributed by atoms with Crippen LogP contribution in [-0.4, -0.2) is 63.0 Å². The molecule has 7 heteroatoms. The van der Waals surface area contributed by atoms with E-state index in [1.54, 1.807) is 14.0 Å². The van der Waals surface area contributed by atoms with Crippen molar-refractivity contribution in [3.63, 3.8) is 0 Å². The van der Waals surface area contributed by atoms with Gasteiger partial charge < -0.3 is 18.9 Å². The van der Waals surface area contributed by atoms with E-state index in [0.717, 1.165) is 38.3 Å². The fourth-order valence-electron chi connectivity index (χ4n) is 3.59. The van der Waals surface area contributed by atoms with Gasteiger partial charge in [-0.2, -0.15) is 0 Å². The summed E-state index contributed by atoms with van der Waals surface area (Å²) >= 11 is 0. The van der Waals surface area contributed by atoms with Gasteiger partial charge >= 0.3 is 6.16 Å². The summed E-state index contributed by atoms with van der Waals surface area (Å²) in [5.41, 5.74) is 2.19. The zero-order chi connectivity index (χ0) is 21.3. The van der Waals surface area contributed by atoms with Gasteiger partial charge in [0.15, 0.2) is 11.5 Å². The first kappa shape index (κ1) is 21.9. The average Bonchev–Trinajstić information content (AvgIpc) is 2.77. The summed E-state index contributed by atoms with van der Waals surface area (Å²) in [5.74, 6) is 1.25. The fourth-order valence-corrected chi connectivity index (χ4v) is 3.59. The van der Waals surface area contributed by atoms with Crippen LogP contribution in [0.25, 0.3) is 0 Å². The molecule has 2 aromatic rings. The van der Waals surface area contributed by atoms with Crippen LogP contribution in [0.15, 0.2) is 42.5 Å². The number of benzene rings is 2. The minimum absolute atomic E-state index is 0.240. The number of hydrogen-bond donors (Lipinski definition) is 0. The summed E-state index contributed by atoms with van der Waals surface area (Å²) in [7, 11) is 3.08. The van der Waals surface area contributed by atoms with Crippen molar-refractivity contribution in [2.75, 3.05) is 47.0 Å². The van der Waals surface area contributed by atoms with Crippen LogP contribution in [0.3, 0.4) is 0 Å². The Morgan fingerprint density at radius 1 is 0.867 bits per heavy atom. The highest BCUT2D eigenvalue weighted by Crippen LogP contribution is 2.40. The minimum atomic E-state index is -0.752. The average molecular weight is 415 g/mol. The van der Waals surface area contributed by atoms with Crippen LogP contribution in [0.2, 0.25) is 0 Å². The first-order valence-corrected chi connectivity index (χ1v) is 10.2. The van der Waals surface area contributed by atoms with Crippen LogP contribution in [0, 0.1) is 0 Å². The maximum Gasteiger partial charge on any atom is 0.513 e. The number of nitrogens with zero attached hydrogens (tertiary/aromatic N) is 2. The van der Waals surface area contributed by atoms with Gasteiger partial charge in [-0.1, -0.05) is 36.4 Å². The van der Waals surface area contributed by atoms with Crippen molar-refractivity contribution in [1.29, 1.82) is 0 Å². The van der Waals surface area contributed by atoms with Crippen molar-refractivity contribution in [1.82, 2.24) is 9.80 Å². The molecule has 0 unspecified atom stereocenters. The summed E-state index contributed by atoms with van der Waals surface area (Å²) in [6, 6.07) is 14.3. The topological polar surface area (TPSA) is 60.5 Å². The van der Waals surface area contributed by atoms with E-state index in [-0.39, 0.29) is 6.61 Å². The Hall–Kier alpha value is -2.77. The lowest BCUT2D eigenvalue weighted by Gasteiger charge is -2.35. The van der Waals surface area contributed by atoms with Crippen LogP contribution in [-0.2, 0) is 17.8 Å². The minimum Gasteiger partial charge on any atom is -0.493 e. The monoisotopic (exact) mass is 414 g/mol. The molecule has 0 bridgehead atoms. The smallest absolute Gasteiger partial charge is 0.493 e. The molecule has 162 valence electrons. The van der Waals surface area contributed by atoms with Gasteiger partial charge in [-0.3, -0.25) is 9.80 Å². The largest absolute Gasteiger partial charge is 0.513 e. The summed E-state index contributed by atoms with van der Waals surface area (Å²) in [6.07, 6.45) is -0.752. The molecular formula is C23H30N2O5. The van der Waals surface area contributed by atoms with Gasteiger partial charge in [-0.15, -0.1) is 0 Å². The molecule has 0 saturated carbocycles. The Labute approximate surface area is 178 Å². The van der Waals surface area contributed by atoms with E-state index in [9.17, 15) is 4.79 Å². The summed E-state index contributed by atoms with van der Waals surface area (Å²) in [6.45, 7) is 7.41. The third-order valence-corrected chi connectivity index (χ3v) is 5.14. The standard InChI is InChI=1S/C23H30N2O5/c1-4-29-23(26)30-21-19(10-11-20(27-2)22(21)28-3)17-25-14-12-24(13-15-25)16-18-8-6-5-7-9-18/h5-11H,4,12-17H2,1-3H3. The van der Waals surface area contributed by atoms with E-state index >= 15 is 0 Å². The summed E-state index contributed by atoms with van der Waals surface area (Å²) in [4.78, 5) is 16.8. The van der Waals surface area contributed by atoms with Crippen molar-refractivity contribution in [2.45, 2.75) is 20.0 Å². The molecule has 0 amide bonds. The lowest BCUT2D eigenvalue weighted by Crippen LogP contribution is -2.45. The third-order valence-electron chi connectivity index (χ3n) is 5.14. The zero-order valence-corrected chi connectivity index (χ0v) is 17.9. The number of carbonyl (C=O) groups is 1. The fraction of sp³-hybridized carbons (Fsp3) is 0.435. The molecular weight excluding hydrogens is 384 g/mol. The van der Waals surface area contributed by atoms with Crippen LogP contribution >= 0.6 is 0 Å². The Balaban J connectivity index is 1.67. The van der Waals surface area contributed by atoms with Crippen molar-refractivity contribution < 1.29 is 23.7 Å². The first-order valence-electron chi connectivity index (χ1n) is 10.2. The number of carbonyl (C=O) groups excluding carboxylic acids is 1. The van der Waals surface area contributed by atoms with Gasteiger partial charge in [0.2, 0.25) is 5.75 Å². The molecule has 7 nitrogen and oxygen atoms in total. The maximum absolute atomic E-state index is 12.0. The predicted octanol–water partition coefficient (Wildman–Crippen LogP) is 3.56. The molecule has 0 atom stereocenters. The van der Waals surface area contributed by atoms with Crippen LogP contribution in [0.5, 0.6) is 17.2 Å². The highest BCUT2D eigenvalue weighted by molar-refractivity contribution is 5.68. The molecule has 0 aliphatic carbocycles. The lowest BCUT2D eigenvalue weighted by atomic mass is 10.1. The van der Waals surface area contributed by atoms with E-state index in [4.69, 9.17) is 18.9 Å². The molecule has 30 heavy (non-hydrogen) atoms. The molecule has 0 aromatic heterocycles. The molecule has 2 aromatic carbocycles. The van der Waals surface area contributed by atoms with Gasteiger partial charge in [-0.05, 0) is 18.6 Å². The summed E-state index contributed by atoms with van der Waals surface area (Å²) < 4.78 is 21.3. The molecule has 1 fully saturated rings. The molecule has 1 aliphatic rings. The van der Waals surface area contributed by atoms with Gasteiger partial charge in [0.05, 0.1) is 20.8 Å². The SMILES string of the molecule is CCOC(=O)Oc1c(CN2CCN(Cc3ccccc3)CC2)ccc(OC)c1OC. The second kappa shape index (κ2) is 10.8. The van der Waals surface area contributed by atoms with Crippen LogP contribution in [0.1, 0.15) is 18.1 Å². The van der Waals surface area contributed by atoms with Gasteiger partial charge in [0.25, 0.3) is 0 Å². The van der Waals surface area contributed by atoms with E-state index in [1.807, 2.05) is 18.2 Å². The van der Waals surface area contributed by atoms with Crippen molar-refractivity contribution >= 4 is 6.16 Å². The Kier molecular flexibility index (Phi) is 7.93. The van der Waals surface area contributed by atoms with Crippen molar-refractivity contribution in [3.05, 3.63) is 53.6 Å². The van der Waals surface area contributed by atoms with Gasteiger partial charge in [0, 0.05) is 44.8 Å². The second-order valence-electron chi connectivity index (χ2n) is 7.11. The highest BCUT2D eigenvalue weighted by Gasteiger charge is 2.23. The lowest BCUT2D eigenvalue weighted by molar-refractivity contribution is 0.100. The molecule has 1 aliphatic heterocycles. The Morgan fingerprint density at radius 2 is 1.53 bits per heavy atom. The van der Waals surface area contributed by atoms with Crippen LogP contribution < -0.4 is 14.2 Å². The third kappa shape index (κ3) is 5.64. The number of ether oxygens (including phenoxy) is 4. The highest BCUT2D eigenvalue weighted by atomic mass is 16.7. The number of hydrogen-bond acceptors (Lipinski definition) is 7. The number of piperazine rings is 1. The molecule has 0 spiro atoms. The maximum atomic E-state index is 12.0. The second-order valence-corrected chi connectivity index (χ2v) is 7.11. The quantitative estimate of drug-likeness (QED) is 0.483. The van der Waals surface area contributed by atoms with Crippen molar-refractivity contribution in [2.24, 2.45) is 0 Å². The van der Waals surface area contributed by atoms with Crippen molar-refractivity contribution in [3.8, 4) is 17.2 Å². The molecule has 1 heterocycles. The van der Waals surface area contributed by atoms with Gasteiger partial charge in [0.1, 0.15) is 0 Å².